The Morgan fingerprint density at radius 1 is 1.56 bits per heavy atom. The van der Waals surface area contributed by atoms with E-state index in [2.05, 4.69) is 5.32 Å². The highest BCUT2D eigenvalue weighted by molar-refractivity contribution is 5.91. The molecule has 18 heavy (non-hydrogen) atoms. The summed E-state index contributed by atoms with van der Waals surface area (Å²) in [5.74, 6) is -0.0823. The van der Waals surface area contributed by atoms with E-state index in [-0.39, 0.29) is 18.8 Å². The van der Waals surface area contributed by atoms with Crippen LogP contribution in [0.1, 0.15) is 6.92 Å². The normalized spacial score (nSPS) is 10.0. The molecule has 0 saturated heterocycles. The molecule has 1 rings (SSSR count). The fraction of sp³-hybridized carbons (Fsp3) is 0.417. The van der Waals surface area contributed by atoms with Crippen LogP contribution in [0.5, 0.6) is 5.75 Å². The molecule has 2 amide bonds. The molecule has 6 heteroatoms. The molecule has 0 atom stereocenters. The van der Waals surface area contributed by atoms with Crippen LogP contribution in [0.15, 0.2) is 18.2 Å². The largest absolute Gasteiger partial charge is 0.495 e. The third-order valence-corrected chi connectivity index (χ3v) is 2.44. The van der Waals surface area contributed by atoms with Crippen LogP contribution in [-0.4, -0.2) is 42.8 Å². The van der Waals surface area contributed by atoms with Gasteiger partial charge < -0.3 is 20.1 Å². The molecular formula is C12H17FN2O3. The third-order valence-electron chi connectivity index (χ3n) is 2.44. The van der Waals surface area contributed by atoms with Crippen molar-refractivity contribution in [1.82, 2.24) is 4.90 Å². The van der Waals surface area contributed by atoms with Crippen LogP contribution in [0.4, 0.5) is 14.9 Å². The van der Waals surface area contributed by atoms with Crippen molar-refractivity contribution in [3.63, 3.8) is 0 Å². The predicted molar refractivity (Wildman–Crippen MR) is 66.3 cm³/mol. The summed E-state index contributed by atoms with van der Waals surface area (Å²) in [5, 5.41) is 11.4. The number of benzene rings is 1. The van der Waals surface area contributed by atoms with E-state index < -0.39 is 11.8 Å². The van der Waals surface area contributed by atoms with Crippen molar-refractivity contribution >= 4 is 11.7 Å². The van der Waals surface area contributed by atoms with Gasteiger partial charge in [-0.05, 0) is 19.1 Å². The average Bonchev–Trinajstić information content (AvgIpc) is 2.36. The lowest BCUT2D eigenvalue weighted by Crippen LogP contribution is -2.36. The number of carbonyl (C=O) groups excluding carboxylic acids is 1. The van der Waals surface area contributed by atoms with Crippen molar-refractivity contribution in [1.29, 1.82) is 0 Å². The monoisotopic (exact) mass is 256 g/mol. The minimum absolute atomic E-state index is 0.123. The first-order chi connectivity index (χ1) is 8.62. The predicted octanol–water partition coefficient (Wildman–Crippen LogP) is 1.68. The highest BCUT2D eigenvalue weighted by Crippen LogP contribution is 2.25. The number of aliphatic hydroxyl groups excluding tert-OH is 1. The van der Waals surface area contributed by atoms with Crippen LogP contribution in [0.2, 0.25) is 0 Å². The summed E-state index contributed by atoms with van der Waals surface area (Å²) in [6, 6.07) is 3.46. The molecular weight excluding hydrogens is 239 g/mol. The van der Waals surface area contributed by atoms with Crippen molar-refractivity contribution in [3.05, 3.63) is 24.0 Å². The number of urea groups is 1. The fourth-order valence-corrected chi connectivity index (χ4v) is 1.50. The van der Waals surface area contributed by atoms with Crippen LogP contribution in [-0.2, 0) is 0 Å². The molecule has 0 saturated carbocycles. The zero-order valence-corrected chi connectivity index (χ0v) is 10.4. The highest BCUT2D eigenvalue weighted by atomic mass is 19.1. The van der Waals surface area contributed by atoms with E-state index >= 15 is 0 Å². The van der Waals surface area contributed by atoms with Crippen LogP contribution in [0, 0.1) is 5.82 Å². The molecule has 100 valence electrons. The molecule has 0 fully saturated rings. The Labute approximate surface area is 105 Å². The number of hydrogen-bond donors (Lipinski definition) is 2. The van der Waals surface area contributed by atoms with Crippen LogP contribution in [0.25, 0.3) is 0 Å². The SMILES string of the molecule is CCN(CCO)C(=O)Nc1cc(F)ccc1OC. The second-order valence-corrected chi connectivity index (χ2v) is 3.58. The number of methoxy groups -OCH3 is 1. The van der Waals surface area contributed by atoms with Gasteiger partial charge in [0.25, 0.3) is 0 Å². The molecule has 0 aliphatic carbocycles. The van der Waals surface area contributed by atoms with Gasteiger partial charge in [-0.3, -0.25) is 0 Å². The van der Waals surface area contributed by atoms with E-state index in [9.17, 15) is 9.18 Å². The number of nitrogens with zero attached hydrogens (tertiary/aromatic N) is 1. The quantitative estimate of drug-likeness (QED) is 0.842. The number of nitrogens with one attached hydrogen (secondary N) is 1. The first-order valence-electron chi connectivity index (χ1n) is 5.62. The second-order valence-electron chi connectivity index (χ2n) is 3.58. The molecule has 0 radical (unpaired) electrons. The molecule has 0 spiro atoms. The molecule has 0 aromatic heterocycles. The summed E-state index contributed by atoms with van der Waals surface area (Å²) in [6.07, 6.45) is 0. The van der Waals surface area contributed by atoms with Gasteiger partial charge in [0, 0.05) is 19.2 Å². The smallest absolute Gasteiger partial charge is 0.322 e. The van der Waals surface area contributed by atoms with Gasteiger partial charge in [-0.25, -0.2) is 9.18 Å². The number of hydrogen-bond acceptors (Lipinski definition) is 3. The zero-order chi connectivity index (χ0) is 13.5. The van der Waals surface area contributed by atoms with Gasteiger partial charge >= 0.3 is 6.03 Å². The molecule has 0 aliphatic heterocycles. The molecule has 5 nitrogen and oxygen atoms in total. The Morgan fingerprint density at radius 2 is 2.28 bits per heavy atom. The average molecular weight is 256 g/mol. The summed E-state index contributed by atoms with van der Waals surface area (Å²) in [6.45, 7) is 2.34. The number of likely N-dealkylation sites (N-methyl/N-ethyl adjacent to an activating group) is 1. The van der Waals surface area contributed by atoms with Crippen molar-refractivity contribution in [3.8, 4) is 5.75 Å². The lowest BCUT2D eigenvalue weighted by Gasteiger charge is -2.21. The Morgan fingerprint density at radius 3 is 2.83 bits per heavy atom. The Hall–Kier alpha value is -1.82. The van der Waals surface area contributed by atoms with Gasteiger partial charge in [-0.1, -0.05) is 0 Å². The molecule has 0 heterocycles. The van der Waals surface area contributed by atoms with E-state index in [1.807, 2.05) is 0 Å². The van der Waals surface area contributed by atoms with Crippen molar-refractivity contribution in [2.45, 2.75) is 6.92 Å². The molecule has 2 N–H and O–H groups in total. The molecule has 1 aromatic carbocycles. The molecule has 0 aliphatic rings. The van der Waals surface area contributed by atoms with Gasteiger partial charge in [-0.15, -0.1) is 0 Å². The minimum atomic E-state index is -0.462. The van der Waals surface area contributed by atoms with Crippen LogP contribution >= 0.6 is 0 Å². The van der Waals surface area contributed by atoms with E-state index in [1.54, 1.807) is 6.92 Å². The number of carbonyl (C=O) groups is 1. The maximum Gasteiger partial charge on any atom is 0.322 e. The number of ether oxygens (including phenoxy) is 1. The lowest BCUT2D eigenvalue weighted by molar-refractivity contribution is 0.192. The maximum atomic E-state index is 13.1. The zero-order valence-electron chi connectivity index (χ0n) is 10.4. The summed E-state index contributed by atoms with van der Waals surface area (Å²) < 4.78 is 18.1. The van der Waals surface area contributed by atoms with Crippen molar-refractivity contribution in [2.75, 3.05) is 32.1 Å². The molecule has 1 aromatic rings. The van der Waals surface area contributed by atoms with Crippen LogP contribution < -0.4 is 10.1 Å². The van der Waals surface area contributed by atoms with Gasteiger partial charge in [0.1, 0.15) is 11.6 Å². The van der Waals surface area contributed by atoms with E-state index in [4.69, 9.17) is 9.84 Å². The lowest BCUT2D eigenvalue weighted by atomic mass is 10.3. The Bertz CT molecular complexity index is 412. The fourth-order valence-electron chi connectivity index (χ4n) is 1.50. The van der Waals surface area contributed by atoms with Gasteiger partial charge in [0.2, 0.25) is 0 Å². The number of anilines is 1. The minimum Gasteiger partial charge on any atom is -0.495 e. The van der Waals surface area contributed by atoms with Gasteiger partial charge in [0.15, 0.2) is 0 Å². The molecule has 0 bridgehead atoms. The second kappa shape index (κ2) is 6.80. The standard InChI is InChI=1S/C12H17FN2O3/c1-3-15(6-7-16)12(17)14-10-8-9(13)4-5-11(10)18-2/h4-5,8,16H,3,6-7H2,1-2H3,(H,14,17). The van der Waals surface area contributed by atoms with Gasteiger partial charge in [0.05, 0.1) is 19.4 Å². The van der Waals surface area contributed by atoms with Crippen LogP contribution in [0.3, 0.4) is 0 Å². The molecule has 0 unspecified atom stereocenters. The maximum absolute atomic E-state index is 13.1. The summed E-state index contributed by atoms with van der Waals surface area (Å²) in [4.78, 5) is 13.2. The van der Waals surface area contributed by atoms with Gasteiger partial charge in [-0.2, -0.15) is 0 Å². The number of rotatable bonds is 5. The first-order valence-corrected chi connectivity index (χ1v) is 5.62. The van der Waals surface area contributed by atoms with E-state index in [0.717, 1.165) is 0 Å². The Kier molecular flexibility index (Phi) is 5.38. The summed E-state index contributed by atoms with van der Waals surface area (Å²) in [7, 11) is 1.44. The number of amides is 2. The highest BCUT2D eigenvalue weighted by Gasteiger charge is 2.13. The topological polar surface area (TPSA) is 61.8 Å². The summed E-state index contributed by atoms with van der Waals surface area (Å²) in [5.41, 5.74) is 0.263. The van der Waals surface area contributed by atoms with Crippen molar-refractivity contribution < 1.29 is 19.0 Å². The Balaban J connectivity index is 2.82. The third kappa shape index (κ3) is 3.59. The first kappa shape index (κ1) is 14.2. The number of halogens is 1. The van der Waals surface area contributed by atoms with Crippen molar-refractivity contribution in [2.24, 2.45) is 0 Å². The number of aliphatic hydroxyl groups is 1. The van der Waals surface area contributed by atoms with E-state index in [0.29, 0.717) is 12.3 Å². The summed E-state index contributed by atoms with van der Waals surface area (Å²) >= 11 is 0. The van der Waals surface area contributed by atoms with E-state index in [1.165, 1.54) is 30.2 Å².